The minimum Gasteiger partial charge on any atom is -0.481 e. The molecule has 0 saturated carbocycles. The zero-order valence-corrected chi connectivity index (χ0v) is 13.4. The second kappa shape index (κ2) is 6.66. The summed E-state index contributed by atoms with van der Waals surface area (Å²) in [5.41, 5.74) is 0.715. The van der Waals surface area contributed by atoms with Gasteiger partial charge < -0.3 is 19.3 Å². The van der Waals surface area contributed by atoms with Crippen LogP contribution in [0.2, 0.25) is 0 Å². The van der Waals surface area contributed by atoms with Crippen molar-refractivity contribution in [3.05, 3.63) is 11.8 Å². The summed E-state index contributed by atoms with van der Waals surface area (Å²) in [6.07, 6.45) is -0.907. The molecule has 0 spiro atoms. The van der Waals surface area contributed by atoms with Crippen LogP contribution in [0.4, 0.5) is 10.3 Å². The number of halogens is 1. The van der Waals surface area contributed by atoms with Gasteiger partial charge in [-0.25, -0.2) is 9.37 Å². The SMILES string of the molecule is COc1cc(C)nc(N2C[C@H](F)C[C@H]2C(=O)N2CCOCC2)n1. The van der Waals surface area contributed by atoms with Crippen molar-refractivity contribution in [2.24, 2.45) is 0 Å². The molecule has 0 radical (unpaired) electrons. The van der Waals surface area contributed by atoms with Gasteiger partial charge in [-0.15, -0.1) is 0 Å². The molecular formula is C15H21FN4O3. The van der Waals surface area contributed by atoms with Gasteiger partial charge in [0, 0.05) is 31.3 Å². The summed E-state index contributed by atoms with van der Waals surface area (Å²) in [6.45, 7) is 4.05. The van der Waals surface area contributed by atoms with Crippen molar-refractivity contribution in [3.8, 4) is 5.88 Å². The highest BCUT2D eigenvalue weighted by Gasteiger charge is 2.40. The van der Waals surface area contributed by atoms with Crippen LogP contribution in [0.15, 0.2) is 6.07 Å². The molecule has 0 aromatic carbocycles. The Labute approximate surface area is 134 Å². The molecule has 23 heavy (non-hydrogen) atoms. The number of aromatic nitrogens is 2. The number of ether oxygens (including phenoxy) is 2. The summed E-state index contributed by atoms with van der Waals surface area (Å²) in [5.74, 6) is 0.665. The van der Waals surface area contributed by atoms with Gasteiger partial charge in [0.2, 0.25) is 17.7 Å². The fourth-order valence-electron chi connectivity index (χ4n) is 2.99. The third kappa shape index (κ3) is 3.36. The van der Waals surface area contributed by atoms with Gasteiger partial charge in [0.25, 0.3) is 0 Å². The molecule has 3 heterocycles. The number of alkyl halides is 1. The molecule has 1 aromatic rings. The monoisotopic (exact) mass is 324 g/mol. The highest BCUT2D eigenvalue weighted by Crippen LogP contribution is 2.27. The molecule has 2 aliphatic rings. The van der Waals surface area contributed by atoms with Crippen molar-refractivity contribution in [3.63, 3.8) is 0 Å². The third-order valence-electron chi connectivity index (χ3n) is 4.14. The summed E-state index contributed by atoms with van der Waals surface area (Å²) in [7, 11) is 1.52. The van der Waals surface area contributed by atoms with E-state index in [1.807, 2.05) is 6.92 Å². The molecule has 0 N–H and O–H groups in total. The van der Waals surface area contributed by atoms with E-state index in [1.165, 1.54) is 7.11 Å². The van der Waals surface area contributed by atoms with Crippen molar-refractivity contribution in [1.29, 1.82) is 0 Å². The van der Waals surface area contributed by atoms with E-state index in [0.717, 1.165) is 0 Å². The van der Waals surface area contributed by atoms with Gasteiger partial charge in [-0.2, -0.15) is 4.98 Å². The van der Waals surface area contributed by atoms with Crippen LogP contribution in [0.5, 0.6) is 5.88 Å². The average Bonchev–Trinajstić information content (AvgIpc) is 2.96. The van der Waals surface area contributed by atoms with Crippen LogP contribution in [-0.2, 0) is 9.53 Å². The fourth-order valence-corrected chi connectivity index (χ4v) is 2.99. The minimum absolute atomic E-state index is 0.0856. The van der Waals surface area contributed by atoms with E-state index < -0.39 is 12.2 Å². The number of hydrogen-bond donors (Lipinski definition) is 0. The van der Waals surface area contributed by atoms with Crippen molar-refractivity contribution in [2.45, 2.75) is 25.6 Å². The van der Waals surface area contributed by atoms with Crippen LogP contribution in [0, 0.1) is 6.92 Å². The van der Waals surface area contributed by atoms with Gasteiger partial charge in [0.05, 0.1) is 26.9 Å². The van der Waals surface area contributed by atoms with Crippen LogP contribution in [-0.4, -0.2) is 72.9 Å². The van der Waals surface area contributed by atoms with Crippen molar-refractivity contribution >= 4 is 11.9 Å². The molecule has 0 bridgehead atoms. The van der Waals surface area contributed by atoms with Gasteiger partial charge in [0.15, 0.2) is 0 Å². The molecule has 2 aliphatic heterocycles. The largest absolute Gasteiger partial charge is 0.481 e. The fraction of sp³-hybridized carbons (Fsp3) is 0.667. The molecule has 126 valence electrons. The van der Waals surface area contributed by atoms with E-state index in [2.05, 4.69) is 9.97 Å². The maximum Gasteiger partial charge on any atom is 0.245 e. The standard InChI is InChI=1S/C15H21FN4O3/c1-10-7-13(22-2)18-15(17-10)20-9-11(16)8-12(20)14(21)19-3-5-23-6-4-19/h7,11-12H,3-6,8-9H2,1-2H3/t11-,12+/m1/s1. The molecule has 0 aliphatic carbocycles. The molecular weight excluding hydrogens is 303 g/mol. The lowest BCUT2D eigenvalue weighted by Gasteiger charge is -2.32. The first-order valence-corrected chi connectivity index (χ1v) is 7.75. The van der Waals surface area contributed by atoms with Gasteiger partial charge in [0.1, 0.15) is 12.2 Å². The Bertz CT molecular complexity index is 580. The number of nitrogens with zero attached hydrogens (tertiary/aromatic N) is 4. The summed E-state index contributed by atoms with van der Waals surface area (Å²) in [4.78, 5) is 24.7. The molecule has 1 amide bonds. The Morgan fingerprint density at radius 3 is 2.83 bits per heavy atom. The van der Waals surface area contributed by atoms with Crippen LogP contribution in [0.25, 0.3) is 0 Å². The topological polar surface area (TPSA) is 67.8 Å². The second-order valence-electron chi connectivity index (χ2n) is 5.79. The first-order valence-electron chi connectivity index (χ1n) is 7.75. The van der Waals surface area contributed by atoms with Crippen LogP contribution in [0.3, 0.4) is 0 Å². The zero-order valence-electron chi connectivity index (χ0n) is 13.4. The Hall–Kier alpha value is -1.96. The van der Waals surface area contributed by atoms with Crippen molar-refractivity contribution in [2.75, 3.05) is 44.9 Å². The smallest absolute Gasteiger partial charge is 0.245 e. The predicted octanol–water partition coefficient (Wildman–Crippen LogP) is 0.569. The van der Waals surface area contributed by atoms with E-state index in [9.17, 15) is 9.18 Å². The van der Waals surface area contributed by atoms with E-state index in [1.54, 1.807) is 15.9 Å². The van der Waals surface area contributed by atoms with E-state index >= 15 is 0 Å². The number of carbonyl (C=O) groups excluding carboxylic acids is 1. The number of anilines is 1. The molecule has 7 nitrogen and oxygen atoms in total. The summed E-state index contributed by atoms with van der Waals surface area (Å²) < 4.78 is 24.4. The lowest BCUT2D eigenvalue weighted by Crippen LogP contribution is -2.50. The van der Waals surface area contributed by atoms with Crippen LogP contribution >= 0.6 is 0 Å². The molecule has 2 saturated heterocycles. The lowest BCUT2D eigenvalue weighted by molar-refractivity contribution is -0.136. The van der Waals surface area contributed by atoms with E-state index in [4.69, 9.17) is 9.47 Å². The Morgan fingerprint density at radius 2 is 2.13 bits per heavy atom. The molecule has 8 heteroatoms. The summed E-state index contributed by atoms with van der Waals surface area (Å²) >= 11 is 0. The summed E-state index contributed by atoms with van der Waals surface area (Å²) in [6, 6.07) is 1.13. The Balaban J connectivity index is 1.84. The number of amides is 1. The van der Waals surface area contributed by atoms with E-state index in [-0.39, 0.29) is 18.9 Å². The second-order valence-corrected chi connectivity index (χ2v) is 5.79. The minimum atomic E-state index is -1.07. The number of aryl methyl sites for hydroxylation is 1. The molecule has 2 fully saturated rings. The number of rotatable bonds is 3. The van der Waals surface area contributed by atoms with Gasteiger partial charge in [-0.3, -0.25) is 4.79 Å². The number of morpholine rings is 1. The van der Waals surface area contributed by atoms with Gasteiger partial charge >= 0.3 is 0 Å². The van der Waals surface area contributed by atoms with E-state index in [0.29, 0.717) is 43.8 Å². The quantitative estimate of drug-likeness (QED) is 0.810. The third-order valence-corrected chi connectivity index (χ3v) is 4.14. The highest BCUT2D eigenvalue weighted by atomic mass is 19.1. The Morgan fingerprint density at radius 1 is 1.39 bits per heavy atom. The zero-order chi connectivity index (χ0) is 16.4. The predicted molar refractivity (Wildman–Crippen MR) is 81.4 cm³/mol. The maximum atomic E-state index is 14.0. The van der Waals surface area contributed by atoms with Crippen LogP contribution < -0.4 is 9.64 Å². The number of carbonyl (C=O) groups is 1. The maximum absolute atomic E-state index is 14.0. The Kier molecular flexibility index (Phi) is 4.61. The highest BCUT2D eigenvalue weighted by molar-refractivity contribution is 5.85. The van der Waals surface area contributed by atoms with Gasteiger partial charge in [-0.1, -0.05) is 0 Å². The normalized spacial score (nSPS) is 24.8. The first kappa shape index (κ1) is 15.9. The van der Waals surface area contributed by atoms with Crippen molar-refractivity contribution < 1.29 is 18.7 Å². The summed E-state index contributed by atoms with van der Waals surface area (Å²) in [5, 5.41) is 0. The molecule has 2 atom stereocenters. The number of methoxy groups -OCH3 is 1. The molecule has 0 unspecified atom stereocenters. The van der Waals surface area contributed by atoms with Crippen molar-refractivity contribution in [1.82, 2.24) is 14.9 Å². The average molecular weight is 324 g/mol. The van der Waals surface area contributed by atoms with Gasteiger partial charge in [-0.05, 0) is 6.92 Å². The first-order chi connectivity index (χ1) is 11.1. The lowest BCUT2D eigenvalue weighted by atomic mass is 10.1. The molecule has 1 aromatic heterocycles. The van der Waals surface area contributed by atoms with Crippen LogP contribution in [0.1, 0.15) is 12.1 Å². The molecule has 3 rings (SSSR count). The number of hydrogen-bond acceptors (Lipinski definition) is 6.